The molecule has 1 aliphatic rings. The summed E-state index contributed by atoms with van der Waals surface area (Å²) in [6.45, 7) is 0. The van der Waals surface area contributed by atoms with E-state index in [1.807, 2.05) is 6.07 Å². The van der Waals surface area contributed by atoms with Crippen molar-refractivity contribution in [2.75, 3.05) is 0 Å². The van der Waals surface area contributed by atoms with Crippen LogP contribution in [0, 0.1) is 11.3 Å². The number of nitriles is 1. The van der Waals surface area contributed by atoms with E-state index in [0.29, 0.717) is 5.56 Å². The van der Waals surface area contributed by atoms with Crippen LogP contribution in [0.25, 0.3) is 0 Å². The Bertz CT molecular complexity index is 710. The first kappa shape index (κ1) is 12.9. The summed E-state index contributed by atoms with van der Waals surface area (Å²) in [6.07, 6.45) is 6.02. The number of aryl methyl sites for hydroxylation is 1. The lowest BCUT2D eigenvalue weighted by Gasteiger charge is -2.09. The maximum atomic E-state index is 9.72. The lowest BCUT2D eigenvalue weighted by Crippen LogP contribution is -1.99. The molecule has 4 heteroatoms. The van der Waals surface area contributed by atoms with Gasteiger partial charge >= 0.3 is 0 Å². The van der Waals surface area contributed by atoms with E-state index in [-0.39, 0.29) is 5.75 Å². The molecule has 1 aliphatic carbocycles. The topological polar surface area (TPSA) is 56.4 Å². The Balaban J connectivity index is 1.97. The molecule has 0 amide bonds. The molecule has 1 aromatic carbocycles. The Hall–Kier alpha value is -2.12. The van der Waals surface area contributed by atoms with Crippen molar-refractivity contribution in [3.8, 4) is 11.8 Å². The smallest absolute Gasteiger partial charge is 0.134 e. The molecule has 2 aromatic rings. The predicted molar refractivity (Wildman–Crippen MR) is 81.0 cm³/mol. The maximum Gasteiger partial charge on any atom is 0.134 e. The molecule has 0 aliphatic heterocycles. The number of para-hydroxylation sites is 1. The first-order valence-corrected chi connectivity index (χ1v) is 7.48. The predicted octanol–water partition coefficient (Wildman–Crippen LogP) is 3.95. The highest BCUT2D eigenvalue weighted by Crippen LogP contribution is 2.39. The van der Waals surface area contributed by atoms with Crippen molar-refractivity contribution in [3.05, 3.63) is 45.8 Å². The number of nitrogens with zero attached hydrogens (tertiary/aromatic N) is 2. The minimum atomic E-state index is 0.205. The zero-order valence-electron chi connectivity index (χ0n) is 11.0. The highest BCUT2D eigenvalue weighted by molar-refractivity contribution is 7.16. The number of rotatable bonds is 2. The second-order valence-corrected chi connectivity index (χ2v) is 5.90. The second-order valence-electron chi connectivity index (χ2n) is 4.82. The fraction of sp³-hybridized carbons (Fsp3) is 0.250. The van der Waals surface area contributed by atoms with Crippen LogP contribution in [-0.2, 0) is 12.8 Å². The van der Waals surface area contributed by atoms with E-state index in [1.165, 1.54) is 16.9 Å². The van der Waals surface area contributed by atoms with Crippen LogP contribution in [0.2, 0.25) is 0 Å². The summed E-state index contributed by atoms with van der Waals surface area (Å²) in [6, 6.07) is 9.35. The van der Waals surface area contributed by atoms with E-state index >= 15 is 0 Å². The summed E-state index contributed by atoms with van der Waals surface area (Å²) >= 11 is 1.61. The molecule has 100 valence electrons. The second kappa shape index (κ2) is 5.48. The first-order valence-electron chi connectivity index (χ1n) is 6.66. The summed E-state index contributed by atoms with van der Waals surface area (Å²) in [5.41, 5.74) is 2.58. The standard InChI is InChI=1S/C16H14N2OS/c17-9-13-12-6-2-4-8-15(12)20-16(13)18-10-11-5-1-3-7-14(11)19/h1,3,5,7,10,19H,2,4,6,8H2/b18-10+. The Morgan fingerprint density at radius 1 is 1.25 bits per heavy atom. The number of fused-ring (bicyclic) bond motifs is 1. The van der Waals surface area contributed by atoms with Crippen LogP contribution in [0.3, 0.4) is 0 Å². The summed E-state index contributed by atoms with van der Waals surface area (Å²) in [7, 11) is 0. The molecule has 3 nitrogen and oxygen atoms in total. The molecule has 0 atom stereocenters. The third-order valence-corrected chi connectivity index (χ3v) is 4.72. The third kappa shape index (κ3) is 2.33. The molecule has 20 heavy (non-hydrogen) atoms. The van der Waals surface area contributed by atoms with Crippen LogP contribution >= 0.6 is 11.3 Å². The van der Waals surface area contributed by atoms with Gasteiger partial charge in [0.05, 0.1) is 5.56 Å². The molecule has 0 bridgehead atoms. The third-order valence-electron chi connectivity index (χ3n) is 3.52. The number of aliphatic imine (C=N–C) groups is 1. The fourth-order valence-electron chi connectivity index (χ4n) is 2.48. The normalized spacial score (nSPS) is 14.2. The number of aromatic hydroxyl groups is 1. The number of phenolic OH excluding ortho intramolecular Hbond substituents is 1. The van der Waals surface area contributed by atoms with Gasteiger partial charge in [0.2, 0.25) is 0 Å². The Morgan fingerprint density at radius 2 is 2.05 bits per heavy atom. The average Bonchev–Trinajstić information content (AvgIpc) is 2.84. The molecule has 3 rings (SSSR count). The molecule has 0 spiro atoms. The molecular weight excluding hydrogens is 268 g/mol. The van der Waals surface area contributed by atoms with E-state index < -0.39 is 0 Å². The van der Waals surface area contributed by atoms with Gasteiger partial charge in [-0.05, 0) is 43.4 Å². The van der Waals surface area contributed by atoms with E-state index in [9.17, 15) is 10.4 Å². The van der Waals surface area contributed by atoms with Crippen molar-refractivity contribution >= 4 is 22.6 Å². The highest BCUT2D eigenvalue weighted by atomic mass is 32.1. The molecule has 0 saturated heterocycles. The molecule has 0 unspecified atom stereocenters. The van der Waals surface area contributed by atoms with Gasteiger partial charge in [0.1, 0.15) is 16.8 Å². The van der Waals surface area contributed by atoms with Crippen LogP contribution in [0.15, 0.2) is 29.3 Å². The molecule has 1 heterocycles. The monoisotopic (exact) mass is 282 g/mol. The van der Waals surface area contributed by atoms with Crippen molar-refractivity contribution in [1.29, 1.82) is 5.26 Å². The fourth-order valence-corrected chi connectivity index (χ4v) is 3.67. The van der Waals surface area contributed by atoms with E-state index in [1.54, 1.807) is 35.8 Å². The summed E-state index contributed by atoms with van der Waals surface area (Å²) in [4.78, 5) is 5.73. The average molecular weight is 282 g/mol. The van der Waals surface area contributed by atoms with Crippen molar-refractivity contribution in [3.63, 3.8) is 0 Å². The summed E-state index contributed by atoms with van der Waals surface area (Å²) in [5, 5.41) is 19.8. The molecule has 1 aromatic heterocycles. The van der Waals surface area contributed by atoms with Crippen LogP contribution < -0.4 is 0 Å². The van der Waals surface area contributed by atoms with Crippen molar-refractivity contribution in [2.45, 2.75) is 25.7 Å². The number of thiophene rings is 1. The molecule has 0 saturated carbocycles. The van der Waals surface area contributed by atoms with Crippen LogP contribution in [0.5, 0.6) is 5.75 Å². The molecule has 0 radical (unpaired) electrons. The minimum absolute atomic E-state index is 0.205. The lowest BCUT2D eigenvalue weighted by molar-refractivity contribution is 0.474. The van der Waals surface area contributed by atoms with Gasteiger partial charge in [-0.2, -0.15) is 5.26 Å². The molecule has 1 N–H and O–H groups in total. The van der Waals surface area contributed by atoms with Crippen LogP contribution in [0.4, 0.5) is 5.00 Å². The number of hydrogen-bond donors (Lipinski definition) is 1. The van der Waals surface area contributed by atoms with Gasteiger partial charge in [-0.1, -0.05) is 12.1 Å². The van der Waals surface area contributed by atoms with Gasteiger partial charge in [0.25, 0.3) is 0 Å². The van der Waals surface area contributed by atoms with Crippen LogP contribution in [0.1, 0.15) is 34.4 Å². The zero-order chi connectivity index (χ0) is 13.9. The van der Waals surface area contributed by atoms with Gasteiger partial charge in [0.15, 0.2) is 0 Å². The summed E-state index contributed by atoms with van der Waals surface area (Å²) < 4.78 is 0. The largest absolute Gasteiger partial charge is 0.507 e. The van der Waals surface area contributed by atoms with Crippen molar-refractivity contribution < 1.29 is 5.11 Å². The van der Waals surface area contributed by atoms with Crippen molar-refractivity contribution in [1.82, 2.24) is 0 Å². The Morgan fingerprint density at radius 3 is 2.85 bits per heavy atom. The minimum Gasteiger partial charge on any atom is -0.507 e. The quantitative estimate of drug-likeness (QED) is 0.848. The van der Waals surface area contributed by atoms with E-state index in [4.69, 9.17) is 0 Å². The maximum absolute atomic E-state index is 9.72. The highest BCUT2D eigenvalue weighted by Gasteiger charge is 2.20. The molecular formula is C16H14N2OS. The van der Waals surface area contributed by atoms with Gasteiger partial charge < -0.3 is 5.11 Å². The number of phenols is 1. The first-order chi connectivity index (χ1) is 9.79. The molecule has 0 fully saturated rings. The number of hydrogen-bond acceptors (Lipinski definition) is 4. The van der Waals surface area contributed by atoms with Gasteiger partial charge in [-0.25, -0.2) is 4.99 Å². The van der Waals surface area contributed by atoms with Gasteiger partial charge in [0, 0.05) is 16.7 Å². The van der Waals surface area contributed by atoms with Gasteiger partial charge in [-0.15, -0.1) is 11.3 Å². The lowest BCUT2D eigenvalue weighted by atomic mass is 9.96. The van der Waals surface area contributed by atoms with Gasteiger partial charge in [-0.3, -0.25) is 0 Å². The van der Waals surface area contributed by atoms with E-state index in [0.717, 1.165) is 29.8 Å². The Kier molecular flexibility index (Phi) is 3.53. The van der Waals surface area contributed by atoms with Crippen molar-refractivity contribution in [2.24, 2.45) is 4.99 Å². The van der Waals surface area contributed by atoms with Crippen LogP contribution in [-0.4, -0.2) is 11.3 Å². The summed E-state index contributed by atoms with van der Waals surface area (Å²) in [5.74, 6) is 0.205. The number of benzene rings is 1. The zero-order valence-corrected chi connectivity index (χ0v) is 11.8. The Labute approximate surface area is 121 Å². The SMILES string of the molecule is N#Cc1c(/N=C/c2ccccc2O)sc2c1CCCC2. The van der Waals surface area contributed by atoms with E-state index in [2.05, 4.69) is 11.1 Å².